The van der Waals surface area contributed by atoms with Gasteiger partial charge in [0, 0.05) is 12.2 Å². The lowest BCUT2D eigenvalue weighted by molar-refractivity contribution is 0.0954. The number of nitrogens with two attached hydrogens (primary N) is 1. The second kappa shape index (κ2) is 7.71. The van der Waals surface area contributed by atoms with E-state index in [1.807, 2.05) is 25.1 Å². The van der Waals surface area contributed by atoms with Gasteiger partial charge in [0.1, 0.15) is 15.6 Å². The molecule has 0 aliphatic rings. The first-order valence-corrected chi connectivity index (χ1v) is 8.51. The van der Waals surface area contributed by atoms with Crippen LogP contribution >= 0.6 is 11.3 Å². The molecule has 128 valence electrons. The number of ether oxygens (including phenoxy) is 1. The van der Waals surface area contributed by atoms with Crippen molar-refractivity contribution in [3.8, 4) is 16.6 Å². The number of amides is 1. The van der Waals surface area contributed by atoms with Crippen molar-refractivity contribution in [2.24, 2.45) is 0 Å². The molecule has 0 radical (unpaired) electrons. The van der Waals surface area contributed by atoms with Crippen molar-refractivity contribution in [2.45, 2.75) is 13.5 Å². The Morgan fingerprint density at radius 3 is 3.00 bits per heavy atom. The van der Waals surface area contributed by atoms with E-state index in [-0.39, 0.29) is 5.91 Å². The quantitative estimate of drug-likeness (QED) is 0.659. The van der Waals surface area contributed by atoms with Crippen molar-refractivity contribution in [1.29, 1.82) is 0 Å². The first-order valence-electron chi connectivity index (χ1n) is 7.69. The standard InChI is InChI=1S/C17H17N5O2S/c1-2-24-15-10-19-8-13(22-15)17-21-9-14(25-17)16(23)20-7-11-4-3-5-12(18)6-11/h3-6,8-10H,2,7,18H2,1H3,(H,20,23). The fourth-order valence-corrected chi connectivity index (χ4v) is 2.93. The Morgan fingerprint density at radius 2 is 2.20 bits per heavy atom. The van der Waals surface area contributed by atoms with E-state index in [0.717, 1.165) is 5.56 Å². The first-order chi connectivity index (χ1) is 12.2. The van der Waals surface area contributed by atoms with E-state index in [1.54, 1.807) is 18.5 Å². The zero-order valence-electron chi connectivity index (χ0n) is 13.6. The lowest BCUT2D eigenvalue weighted by atomic mass is 10.2. The zero-order valence-corrected chi connectivity index (χ0v) is 14.4. The highest BCUT2D eigenvalue weighted by Gasteiger charge is 2.13. The molecular formula is C17H17N5O2S. The summed E-state index contributed by atoms with van der Waals surface area (Å²) < 4.78 is 5.33. The zero-order chi connectivity index (χ0) is 17.6. The molecule has 3 aromatic rings. The molecule has 7 nitrogen and oxygen atoms in total. The molecule has 3 rings (SSSR count). The minimum Gasteiger partial charge on any atom is -0.477 e. The van der Waals surface area contributed by atoms with Crippen LogP contribution in [-0.4, -0.2) is 27.5 Å². The molecule has 0 unspecified atom stereocenters. The molecule has 0 bridgehead atoms. The van der Waals surface area contributed by atoms with E-state index in [0.29, 0.717) is 40.3 Å². The van der Waals surface area contributed by atoms with Crippen LogP contribution in [-0.2, 0) is 6.54 Å². The molecule has 0 atom stereocenters. The molecule has 2 heterocycles. The molecule has 0 aliphatic carbocycles. The van der Waals surface area contributed by atoms with E-state index >= 15 is 0 Å². The van der Waals surface area contributed by atoms with E-state index < -0.39 is 0 Å². The van der Waals surface area contributed by atoms with Crippen molar-refractivity contribution < 1.29 is 9.53 Å². The molecule has 3 N–H and O–H groups in total. The second-order valence-corrected chi connectivity index (χ2v) is 6.16. The molecule has 2 aromatic heterocycles. The van der Waals surface area contributed by atoms with E-state index in [9.17, 15) is 4.79 Å². The van der Waals surface area contributed by atoms with Crippen LogP contribution in [0.25, 0.3) is 10.7 Å². The van der Waals surface area contributed by atoms with Gasteiger partial charge >= 0.3 is 0 Å². The fraction of sp³-hybridized carbons (Fsp3) is 0.176. The van der Waals surface area contributed by atoms with Gasteiger partial charge in [-0.3, -0.25) is 9.78 Å². The van der Waals surface area contributed by atoms with Gasteiger partial charge in [-0.05, 0) is 24.6 Å². The minimum absolute atomic E-state index is 0.194. The van der Waals surface area contributed by atoms with Crippen LogP contribution in [0.4, 0.5) is 5.69 Å². The Kier molecular flexibility index (Phi) is 5.20. The summed E-state index contributed by atoms with van der Waals surface area (Å²) in [4.78, 5) is 25.5. The smallest absolute Gasteiger partial charge is 0.263 e. The summed E-state index contributed by atoms with van der Waals surface area (Å²) in [5.41, 5.74) is 7.91. The van der Waals surface area contributed by atoms with Crippen molar-refractivity contribution >= 4 is 22.9 Å². The Hall–Kier alpha value is -3.00. The number of carbonyl (C=O) groups excluding carboxylic acids is 1. The molecule has 1 amide bonds. The summed E-state index contributed by atoms with van der Waals surface area (Å²) in [5.74, 6) is 0.239. The average molecular weight is 355 g/mol. The normalized spacial score (nSPS) is 10.4. The molecule has 0 saturated carbocycles. The van der Waals surface area contributed by atoms with Gasteiger partial charge in [0.05, 0.1) is 25.2 Å². The van der Waals surface area contributed by atoms with Crippen LogP contribution in [0.1, 0.15) is 22.2 Å². The monoisotopic (exact) mass is 355 g/mol. The number of aromatic nitrogens is 3. The highest BCUT2D eigenvalue weighted by atomic mass is 32.1. The lowest BCUT2D eigenvalue weighted by Gasteiger charge is -2.04. The molecule has 0 aliphatic heterocycles. The number of hydrogen-bond acceptors (Lipinski definition) is 7. The number of thiazole rings is 1. The summed E-state index contributed by atoms with van der Waals surface area (Å²) in [6, 6.07) is 7.39. The molecule has 1 aromatic carbocycles. The maximum Gasteiger partial charge on any atom is 0.263 e. The van der Waals surface area contributed by atoms with Gasteiger partial charge in [-0.1, -0.05) is 12.1 Å². The third-order valence-electron chi connectivity index (χ3n) is 3.26. The summed E-state index contributed by atoms with van der Waals surface area (Å²) in [7, 11) is 0. The second-order valence-electron chi connectivity index (χ2n) is 5.13. The Balaban J connectivity index is 1.68. The van der Waals surface area contributed by atoms with Gasteiger partial charge in [-0.2, -0.15) is 0 Å². The van der Waals surface area contributed by atoms with Crippen LogP contribution in [0.15, 0.2) is 42.9 Å². The van der Waals surface area contributed by atoms with Gasteiger partial charge in [-0.25, -0.2) is 9.97 Å². The van der Waals surface area contributed by atoms with Crippen LogP contribution in [0.3, 0.4) is 0 Å². The number of anilines is 1. The molecule has 8 heteroatoms. The first kappa shape index (κ1) is 16.8. The summed E-state index contributed by atoms with van der Waals surface area (Å²) in [6.07, 6.45) is 4.67. The molecular weight excluding hydrogens is 338 g/mol. The Morgan fingerprint density at radius 1 is 1.32 bits per heavy atom. The lowest BCUT2D eigenvalue weighted by Crippen LogP contribution is -2.21. The largest absolute Gasteiger partial charge is 0.477 e. The van der Waals surface area contributed by atoms with Crippen molar-refractivity contribution in [3.63, 3.8) is 0 Å². The molecule has 0 fully saturated rings. The van der Waals surface area contributed by atoms with Crippen LogP contribution in [0.2, 0.25) is 0 Å². The summed E-state index contributed by atoms with van der Waals surface area (Å²) >= 11 is 1.25. The van der Waals surface area contributed by atoms with Crippen LogP contribution in [0, 0.1) is 0 Å². The maximum absolute atomic E-state index is 12.3. The van der Waals surface area contributed by atoms with Crippen molar-refractivity contribution in [3.05, 3.63) is 53.3 Å². The average Bonchev–Trinajstić information content (AvgIpc) is 3.11. The number of nitrogen functional groups attached to an aromatic ring is 1. The van der Waals surface area contributed by atoms with Gasteiger partial charge in [0.15, 0.2) is 0 Å². The van der Waals surface area contributed by atoms with Gasteiger partial charge in [-0.15, -0.1) is 11.3 Å². The number of carbonyl (C=O) groups is 1. The number of hydrogen-bond donors (Lipinski definition) is 2. The predicted octanol–water partition coefficient (Wildman–Crippen LogP) is 2.51. The molecule has 0 spiro atoms. The van der Waals surface area contributed by atoms with Crippen LogP contribution in [0.5, 0.6) is 5.88 Å². The van der Waals surface area contributed by atoms with Gasteiger partial charge < -0.3 is 15.8 Å². The van der Waals surface area contributed by atoms with Crippen molar-refractivity contribution in [1.82, 2.24) is 20.3 Å². The number of benzene rings is 1. The maximum atomic E-state index is 12.3. The summed E-state index contributed by atoms with van der Waals surface area (Å²) in [6.45, 7) is 2.78. The molecule has 25 heavy (non-hydrogen) atoms. The van der Waals surface area contributed by atoms with E-state index in [2.05, 4.69) is 20.3 Å². The number of nitrogens with one attached hydrogen (secondary N) is 1. The topological polar surface area (TPSA) is 103 Å². The Labute approximate surface area is 148 Å². The molecule has 0 saturated heterocycles. The van der Waals surface area contributed by atoms with Crippen molar-refractivity contribution in [2.75, 3.05) is 12.3 Å². The highest BCUT2D eigenvalue weighted by Crippen LogP contribution is 2.24. The van der Waals surface area contributed by atoms with Gasteiger partial charge in [0.25, 0.3) is 5.91 Å². The Bertz CT molecular complexity index is 881. The van der Waals surface area contributed by atoms with Crippen LogP contribution < -0.4 is 15.8 Å². The highest BCUT2D eigenvalue weighted by molar-refractivity contribution is 7.16. The predicted molar refractivity (Wildman–Crippen MR) is 96.3 cm³/mol. The SMILES string of the molecule is CCOc1cncc(-c2ncc(C(=O)NCc3cccc(N)c3)s2)n1. The van der Waals surface area contributed by atoms with E-state index in [1.165, 1.54) is 17.5 Å². The third-order valence-corrected chi connectivity index (χ3v) is 4.28. The number of rotatable bonds is 6. The minimum atomic E-state index is -0.194. The summed E-state index contributed by atoms with van der Waals surface area (Å²) in [5, 5.41) is 3.47. The van der Waals surface area contributed by atoms with Gasteiger partial charge in [0.2, 0.25) is 5.88 Å². The van der Waals surface area contributed by atoms with E-state index in [4.69, 9.17) is 10.5 Å². The fourth-order valence-electron chi connectivity index (χ4n) is 2.14. The third kappa shape index (κ3) is 4.30. The number of nitrogens with zero attached hydrogens (tertiary/aromatic N) is 3.